The van der Waals surface area contributed by atoms with Crippen molar-refractivity contribution >= 4 is 27.7 Å². The molecule has 0 amide bonds. The quantitative estimate of drug-likeness (QED) is 0.933. The normalized spacial score (nSPS) is 10.4. The van der Waals surface area contributed by atoms with E-state index in [1.54, 1.807) is 4.90 Å². The fourth-order valence-electron chi connectivity index (χ4n) is 1.73. The highest BCUT2D eigenvalue weighted by molar-refractivity contribution is 9.10. The van der Waals surface area contributed by atoms with Gasteiger partial charge in [-0.25, -0.2) is 14.8 Å². The van der Waals surface area contributed by atoms with E-state index in [9.17, 15) is 4.79 Å². The molecule has 5 nitrogen and oxygen atoms in total. The van der Waals surface area contributed by atoms with Crippen molar-refractivity contribution in [2.75, 3.05) is 19.0 Å². The predicted octanol–water partition coefficient (Wildman–Crippen LogP) is 2.98. The molecule has 0 unspecified atom stereocenters. The molecule has 0 fully saturated rings. The van der Waals surface area contributed by atoms with Gasteiger partial charge in [-0.1, -0.05) is 22.0 Å². The lowest BCUT2D eigenvalue weighted by atomic mass is 10.1. The van der Waals surface area contributed by atoms with Crippen LogP contribution in [0.4, 0.5) is 5.82 Å². The van der Waals surface area contributed by atoms with E-state index in [4.69, 9.17) is 5.11 Å². The largest absolute Gasteiger partial charge is 0.477 e. The smallest absolute Gasteiger partial charge is 0.354 e. The zero-order chi connectivity index (χ0) is 14.9. The van der Waals surface area contributed by atoms with Gasteiger partial charge in [0.2, 0.25) is 0 Å². The minimum atomic E-state index is -1.07. The van der Waals surface area contributed by atoms with Crippen LogP contribution >= 0.6 is 15.9 Å². The number of anilines is 1. The molecule has 1 aromatic heterocycles. The molecule has 0 atom stereocenters. The summed E-state index contributed by atoms with van der Waals surface area (Å²) in [6, 6.07) is 7.20. The number of hydrogen-bond donors (Lipinski definition) is 1. The fourth-order valence-corrected chi connectivity index (χ4v) is 2.09. The maximum Gasteiger partial charge on any atom is 0.354 e. The van der Waals surface area contributed by atoms with Gasteiger partial charge >= 0.3 is 5.97 Å². The molecule has 2 aromatic rings. The predicted molar refractivity (Wildman–Crippen MR) is 81.2 cm³/mol. The molecule has 0 radical (unpaired) electrons. The van der Waals surface area contributed by atoms with Gasteiger partial charge in [-0.15, -0.1) is 0 Å². The van der Waals surface area contributed by atoms with Crippen molar-refractivity contribution in [2.45, 2.75) is 6.92 Å². The highest BCUT2D eigenvalue weighted by Crippen LogP contribution is 2.26. The number of nitrogens with zero attached hydrogens (tertiary/aromatic N) is 3. The Kier molecular flexibility index (Phi) is 4.04. The van der Waals surface area contributed by atoms with Crippen molar-refractivity contribution in [2.24, 2.45) is 0 Å². The maximum absolute atomic E-state index is 11.2. The number of aromatic carboxylic acids is 1. The van der Waals surface area contributed by atoms with E-state index in [-0.39, 0.29) is 5.69 Å². The Bertz CT molecular complexity index is 671. The molecule has 0 aliphatic rings. The van der Waals surface area contributed by atoms with Crippen LogP contribution in [0.3, 0.4) is 0 Å². The zero-order valence-electron chi connectivity index (χ0n) is 11.4. The number of hydrogen-bond acceptors (Lipinski definition) is 4. The van der Waals surface area contributed by atoms with Gasteiger partial charge in [0.1, 0.15) is 5.82 Å². The Morgan fingerprint density at radius 1 is 1.25 bits per heavy atom. The number of carboxylic acids is 1. The minimum absolute atomic E-state index is 0.0157. The summed E-state index contributed by atoms with van der Waals surface area (Å²) < 4.78 is 0.897. The summed E-state index contributed by atoms with van der Waals surface area (Å²) >= 11 is 3.41. The summed E-state index contributed by atoms with van der Waals surface area (Å²) in [6.07, 6.45) is 0. The van der Waals surface area contributed by atoms with Crippen molar-refractivity contribution in [3.05, 3.63) is 40.0 Å². The number of aromatic nitrogens is 2. The second kappa shape index (κ2) is 5.58. The summed E-state index contributed by atoms with van der Waals surface area (Å²) in [6.45, 7) is 1.94. The van der Waals surface area contributed by atoms with Crippen LogP contribution in [0.2, 0.25) is 0 Å². The van der Waals surface area contributed by atoms with Gasteiger partial charge in [-0.2, -0.15) is 0 Å². The van der Waals surface area contributed by atoms with E-state index in [2.05, 4.69) is 25.9 Å². The average Bonchev–Trinajstić information content (AvgIpc) is 2.40. The van der Waals surface area contributed by atoms with Gasteiger partial charge in [0.25, 0.3) is 0 Å². The average molecular weight is 336 g/mol. The first kappa shape index (κ1) is 14.5. The van der Waals surface area contributed by atoms with E-state index >= 15 is 0 Å². The summed E-state index contributed by atoms with van der Waals surface area (Å²) in [5.41, 5.74) is 1.78. The summed E-state index contributed by atoms with van der Waals surface area (Å²) in [5, 5.41) is 9.17. The van der Waals surface area contributed by atoms with E-state index in [1.165, 1.54) is 6.07 Å². The van der Waals surface area contributed by atoms with E-state index in [0.717, 1.165) is 15.6 Å². The summed E-state index contributed by atoms with van der Waals surface area (Å²) in [5.74, 6) is -0.0939. The van der Waals surface area contributed by atoms with Gasteiger partial charge in [0, 0.05) is 30.2 Å². The number of aryl methyl sites for hydroxylation is 1. The monoisotopic (exact) mass is 335 g/mol. The van der Waals surface area contributed by atoms with Crippen LogP contribution in [0.1, 0.15) is 16.1 Å². The van der Waals surface area contributed by atoms with E-state index in [1.807, 2.05) is 39.2 Å². The van der Waals surface area contributed by atoms with Crippen LogP contribution in [0.5, 0.6) is 0 Å². The Labute approximate surface area is 125 Å². The van der Waals surface area contributed by atoms with Crippen molar-refractivity contribution in [1.29, 1.82) is 0 Å². The van der Waals surface area contributed by atoms with Crippen molar-refractivity contribution in [3.8, 4) is 11.4 Å². The molecule has 1 heterocycles. The molecule has 1 N–H and O–H groups in total. The van der Waals surface area contributed by atoms with E-state index in [0.29, 0.717) is 11.6 Å². The van der Waals surface area contributed by atoms with Crippen molar-refractivity contribution in [1.82, 2.24) is 9.97 Å². The third-order valence-electron chi connectivity index (χ3n) is 2.83. The number of benzene rings is 1. The first-order chi connectivity index (χ1) is 9.38. The van der Waals surface area contributed by atoms with Crippen LogP contribution in [0.15, 0.2) is 28.7 Å². The lowest BCUT2D eigenvalue weighted by Gasteiger charge is -2.14. The highest BCUT2D eigenvalue weighted by atomic mass is 79.9. The third-order valence-corrected chi connectivity index (χ3v) is 3.32. The zero-order valence-corrected chi connectivity index (χ0v) is 13.0. The van der Waals surface area contributed by atoms with Crippen LogP contribution < -0.4 is 4.90 Å². The van der Waals surface area contributed by atoms with Crippen LogP contribution in [-0.4, -0.2) is 35.1 Å². The lowest BCUT2D eigenvalue weighted by molar-refractivity contribution is 0.0690. The highest BCUT2D eigenvalue weighted by Gasteiger charge is 2.14. The molecule has 104 valence electrons. The second-order valence-corrected chi connectivity index (χ2v) is 5.51. The fraction of sp³-hybridized carbons (Fsp3) is 0.214. The Morgan fingerprint density at radius 2 is 1.95 bits per heavy atom. The number of carbonyl (C=O) groups is 1. The van der Waals surface area contributed by atoms with Crippen LogP contribution in [0.25, 0.3) is 11.4 Å². The van der Waals surface area contributed by atoms with Gasteiger partial charge < -0.3 is 10.0 Å². The number of rotatable bonds is 3. The van der Waals surface area contributed by atoms with Crippen molar-refractivity contribution < 1.29 is 9.90 Å². The number of halogens is 1. The van der Waals surface area contributed by atoms with E-state index < -0.39 is 5.97 Å². The molecule has 0 aliphatic carbocycles. The maximum atomic E-state index is 11.2. The van der Waals surface area contributed by atoms with Crippen LogP contribution in [0, 0.1) is 6.92 Å². The van der Waals surface area contributed by atoms with Gasteiger partial charge in [-0.05, 0) is 24.6 Å². The molecule has 2 rings (SSSR count). The Morgan fingerprint density at radius 3 is 2.55 bits per heavy atom. The van der Waals surface area contributed by atoms with Crippen LogP contribution in [-0.2, 0) is 0 Å². The molecule has 0 saturated heterocycles. The molecule has 1 aromatic carbocycles. The Balaban J connectivity index is 2.66. The molecule has 6 heteroatoms. The molecule has 0 aliphatic heterocycles. The molecule has 0 saturated carbocycles. The molecule has 0 bridgehead atoms. The lowest BCUT2D eigenvalue weighted by Crippen LogP contribution is -2.14. The summed E-state index contributed by atoms with van der Waals surface area (Å²) in [4.78, 5) is 21.5. The van der Waals surface area contributed by atoms with Gasteiger partial charge in [0.15, 0.2) is 11.5 Å². The van der Waals surface area contributed by atoms with Gasteiger partial charge in [-0.3, -0.25) is 0 Å². The standard InChI is InChI=1S/C14H14BrN3O2/c1-8-4-5-9(15)6-10(8)13-16-11(14(19)20)7-12(17-13)18(2)3/h4-7H,1-3H3,(H,19,20). The first-order valence-electron chi connectivity index (χ1n) is 5.94. The van der Waals surface area contributed by atoms with Crippen molar-refractivity contribution in [3.63, 3.8) is 0 Å². The SMILES string of the molecule is Cc1ccc(Br)cc1-c1nc(C(=O)O)cc(N(C)C)n1. The number of carboxylic acid groups (broad SMARTS) is 1. The summed E-state index contributed by atoms with van der Waals surface area (Å²) in [7, 11) is 3.62. The molecule has 20 heavy (non-hydrogen) atoms. The third kappa shape index (κ3) is 2.96. The first-order valence-corrected chi connectivity index (χ1v) is 6.74. The molecular weight excluding hydrogens is 322 g/mol. The topological polar surface area (TPSA) is 66.3 Å². The minimum Gasteiger partial charge on any atom is -0.477 e. The van der Waals surface area contributed by atoms with Gasteiger partial charge in [0.05, 0.1) is 0 Å². The second-order valence-electron chi connectivity index (χ2n) is 4.59. The molecule has 0 spiro atoms. The molecular formula is C14H14BrN3O2. The Hall–Kier alpha value is -1.95.